The van der Waals surface area contributed by atoms with Crippen molar-refractivity contribution in [3.05, 3.63) is 34.9 Å². The maximum atomic E-state index is 12.7. The lowest BCUT2D eigenvalue weighted by atomic mass is 9.84. The summed E-state index contributed by atoms with van der Waals surface area (Å²) in [4.78, 5) is 13.9. The van der Waals surface area contributed by atoms with Gasteiger partial charge in [-0.1, -0.05) is 25.1 Å². The number of ketones is 1. The van der Waals surface area contributed by atoms with Crippen LogP contribution in [0.4, 0.5) is 13.2 Å². The summed E-state index contributed by atoms with van der Waals surface area (Å²) in [6.07, 6.45) is -1.83. The third-order valence-electron chi connectivity index (χ3n) is 4.45. The first-order valence-corrected chi connectivity index (χ1v) is 7.78. The summed E-state index contributed by atoms with van der Waals surface area (Å²) in [6.45, 7) is 6.78. The molecule has 0 N–H and O–H groups in total. The molecule has 0 unspecified atom stereocenters. The van der Waals surface area contributed by atoms with E-state index in [1.165, 1.54) is 6.07 Å². The maximum Gasteiger partial charge on any atom is 0.454 e. The predicted octanol–water partition coefficient (Wildman–Crippen LogP) is 4.33. The molecule has 1 saturated heterocycles. The van der Waals surface area contributed by atoms with E-state index in [9.17, 15) is 18.0 Å². The van der Waals surface area contributed by atoms with Gasteiger partial charge in [-0.3, -0.25) is 4.79 Å². The summed E-state index contributed by atoms with van der Waals surface area (Å²) in [7, 11) is 0. The average molecular weight is 313 g/mol. The van der Waals surface area contributed by atoms with Gasteiger partial charge in [0.15, 0.2) is 0 Å². The Morgan fingerprint density at radius 1 is 1.27 bits per heavy atom. The second-order valence-electron chi connectivity index (χ2n) is 5.96. The Morgan fingerprint density at radius 2 is 1.91 bits per heavy atom. The standard InChI is InChI=1S/C17H22F3NO/c1-3-9-21-10-7-13(8-11-21)14-5-4-6-15(12(14)2)16(22)17(18,19)20/h4-6,13H,3,7-11H2,1-2H3. The van der Waals surface area contributed by atoms with Crippen LogP contribution in [-0.2, 0) is 0 Å². The second-order valence-corrected chi connectivity index (χ2v) is 5.96. The fourth-order valence-corrected chi connectivity index (χ4v) is 3.28. The lowest BCUT2D eigenvalue weighted by molar-refractivity contribution is -0.0885. The van der Waals surface area contributed by atoms with E-state index >= 15 is 0 Å². The highest BCUT2D eigenvalue weighted by Gasteiger charge is 2.40. The van der Waals surface area contributed by atoms with Gasteiger partial charge in [-0.25, -0.2) is 0 Å². The number of benzene rings is 1. The molecule has 2 rings (SSSR count). The monoisotopic (exact) mass is 313 g/mol. The van der Waals surface area contributed by atoms with Gasteiger partial charge in [0.05, 0.1) is 0 Å². The second kappa shape index (κ2) is 6.82. The Hall–Kier alpha value is -1.36. The molecule has 0 spiro atoms. The van der Waals surface area contributed by atoms with Gasteiger partial charge in [0.25, 0.3) is 5.78 Å². The highest BCUT2D eigenvalue weighted by Crippen LogP contribution is 2.33. The molecule has 0 bridgehead atoms. The summed E-state index contributed by atoms with van der Waals surface area (Å²) in [5, 5.41) is 0. The number of hydrogen-bond donors (Lipinski definition) is 0. The van der Waals surface area contributed by atoms with Crippen molar-refractivity contribution in [1.82, 2.24) is 4.90 Å². The first-order valence-electron chi connectivity index (χ1n) is 7.78. The number of alkyl halides is 3. The van der Waals surface area contributed by atoms with Gasteiger partial charge >= 0.3 is 6.18 Å². The molecule has 5 heteroatoms. The first-order chi connectivity index (χ1) is 10.3. The molecule has 0 amide bonds. The van der Waals surface area contributed by atoms with Crippen molar-refractivity contribution in [2.75, 3.05) is 19.6 Å². The van der Waals surface area contributed by atoms with Gasteiger partial charge in [0.1, 0.15) is 0 Å². The van der Waals surface area contributed by atoms with Crippen LogP contribution in [0.3, 0.4) is 0 Å². The number of carbonyl (C=O) groups excluding carboxylic acids is 1. The molecular formula is C17H22F3NO. The van der Waals surface area contributed by atoms with Crippen molar-refractivity contribution in [1.29, 1.82) is 0 Å². The van der Waals surface area contributed by atoms with Crippen LogP contribution in [-0.4, -0.2) is 36.5 Å². The minimum absolute atomic E-state index is 0.207. The molecule has 1 aromatic rings. The zero-order valence-corrected chi connectivity index (χ0v) is 13.0. The number of likely N-dealkylation sites (tertiary alicyclic amines) is 1. The number of carbonyl (C=O) groups is 1. The molecule has 0 radical (unpaired) electrons. The predicted molar refractivity (Wildman–Crippen MR) is 80.3 cm³/mol. The van der Waals surface area contributed by atoms with E-state index in [-0.39, 0.29) is 11.5 Å². The van der Waals surface area contributed by atoms with E-state index in [4.69, 9.17) is 0 Å². The van der Waals surface area contributed by atoms with Gasteiger partial charge in [0.2, 0.25) is 0 Å². The van der Waals surface area contributed by atoms with Gasteiger partial charge in [0, 0.05) is 5.56 Å². The van der Waals surface area contributed by atoms with Crippen molar-refractivity contribution < 1.29 is 18.0 Å². The normalized spacial score (nSPS) is 17.7. The quantitative estimate of drug-likeness (QED) is 0.771. The Bertz CT molecular complexity index is 531. The number of nitrogens with zero attached hydrogens (tertiary/aromatic N) is 1. The number of rotatable bonds is 4. The number of Topliss-reactive ketones (excluding diaryl/α,β-unsaturated/α-hetero) is 1. The number of piperidine rings is 1. The van der Waals surface area contributed by atoms with Crippen LogP contribution >= 0.6 is 0 Å². The zero-order valence-electron chi connectivity index (χ0n) is 13.0. The van der Waals surface area contributed by atoms with Crippen molar-refractivity contribution in [2.45, 2.75) is 45.2 Å². The van der Waals surface area contributed by atoms with E-state index in [2.05, 4.69) is 11.8 Å². The summed E-state index contributed by atoms with van der Waals surface area (Å²) in [5.74, 6) is -1.50. The molecule has 0 saturated carbocycles. The summed E-state index contributed by atoms with van der Waals surface area (Å²) in [6, 6.07) is 4.71. The van der Waals surface area contributed by atoms with Crippen molar-refractivity contribution >= 4 is 5.78 Å². The molecule has 1 aromatic carbocycles. The van der Waals surface area contributed by atoms with Gasteiger partial charge in [-0.15, -0.1) is 0 Å². The van der Waals surface area contributed by atoms with Crippen LogP contribution < -0.4 is 0 Å². The summed E-state index contributed by atoms with van der Waals surface area (Å²) >= 11 is 0. The number of halogens is 3. The zero-order chi connectivity index (χ0) is 16.3. The van der Waals surface area contributed by atoms with Crippen molar-refractivity contribution in [3.63, 3.8) is 0 Å². The highest BCUT2D eigenvalue weighted by molar-refractivity contribution is 6.01. The fourth-order valence-electron chi connectivity index (χ4n) is 3.28. The smallest absolute Gasteiger partial charge is 0.303 e. The fraction of sp³-hybridized carbons (Fsp3) is 0.588. The summed E-state index contributed by atoms with van der Waals surface area (Å²) in [5.41, 5.74) is 1.17. The van der Waals surface area contributed by atoms with Crippen LogP contribution in [0.15, 0.2) is 18.2 Å². The average Bonchev–Trinajstić information content (AvgIpc) is 2.47. The molecule has 2 nitrogen and oxygen atoms in total. The lowest BCUT2D eigenvalue weighted by Gasteiger charge is -2.32. The molecule has 0 aromatic heterocycles. The van der Waals surface area contributed by atoms with Crippen LogP contribution in [0, 0.1) is 6.92 Å². The van der Waals surface area contributed by atoms with E-state index in [1.54, 1.807) is 13.0 Å². The van der Waals surface area contributed by atoms with E-state index in [0.29, 0.717) is 5.56 Å². The molecule has 122 valence electrons. The lowest BCUT2D eigenvalue weighted by Crippen LogP contribution is -2.33. The topological polar surface area (TPSA) is 20.3 Å². The first kappa shape index (κ1) is 17.0. The van der Waals surface area contributed by atoms with Crippen LogP contribution in [0.25, 0.3) is 0 Å². The molecule has 1 aliphatic heterocycles. The van der Waals surface area contributed by atoms with Crippen molar-refractivity contribution in [3.8, 4) is 0 Å². The molecule has 1 aliphatic rings. The Morgan fingerprint density at radius 3 is 2.45 bits per heavy atom. The third kappa shape index (κ3) is 3.69. The Labute approximate surface area is 129 Å². The van der Waals surface area contributed by atoms with Crippen LogP contribution in [0.1, 0.15) is 53.6 Å². The minimum Gasteiger partial charge on any atom is -0.303 e. The largest absolute Gasteiger partial charge is 0.454 e. The molecular weight excluding hydrogens is 291 g/mol. The summed E-state index contributed by atoms with van der Waals surface area (Å²) < 4.78 is 38.0. The Kier molecular flexibility index (Phi) is 5.27. The molecule has 0 atom stereocenters. The van der Waals surface area contributed by atoms with Crippen LogP contribution in [0.2, 0.25) is 0 Å². The Balaban J connectivity index is 2.18. The third-order valence-corrected chi connectivity index (χ3v) is 4.45. The van der Waals surface area contributed by atoms with Gasteiger partial charge in [-0.2, -0.15) is 13.2 Å². The maximum absolute atomic E-state index is 12.7. The minimum atomic E-state index is -4.81. The van der Waals surface area contributed by atoms with E-state index in [0.717, 1.165) is 44.5 Å². The molecule has 1 heterocycles. The SMILES string of the molecule is CCCN1CCC(c2cccc(C(=O)C(F)(F)F)c2C)CC1. The highest BCUT2D eigenvalue weighted by atomic mass is 19.4. The van der Waals surface area contributed by atoms with E-state index < -0.39 is 12.0 Å². The molecule has 22 heavy (non-hydrogen) atoms. The van der Waals surface area contributed by atoms with Crippen LogP contribution in [0.5, 0.6) is 0 Å². The number of hydrogen-bond acceptors (Lipinski definition) is 2. The van der Waals surface area contributed by atoms with E-state index in [1.807, 2.05) is 6.07 Å². The van der Waals surface area contributed by atoms with Crippen molar-refractivity contribution in [2.24, 2.45) is 0 Å². The van der Waals surface area contributed by atoms with Gasteiger partial charge < -0.3 is 4.90 Å². The molecule has 0 aliphatic carbocycles. The molecule has 1 fully saturated rings. The van der Waals surface area contributed by atoms with Gasteiger partial charge in [-0.05, 0) is 62.9 Å².